The molecule has 4 aromatic rings. The number of nitrogens with zero attached hydrogens (tertiary/aromatic N) is 7. The number of morpholine rings is 1. The molecule has 0 spiro atoms. The van der Waals surface area contributed by atoms with Crippen LogP contribution in [0.2, 0.25) is 0 Å². The van der Waals surface area contributed by atoms with Crippen molar-refractivity contribution >= 4 is 23.4 Å². The number of hydrogen-bond donors (Lipinski definition) is 3. The van der Waals surface area contributed by atoms with Gasteiger partial charge in [-0.3, -0.25) is 4.90 Å². The molecule has 5 heterocycles. The fourth-order valence-corrected chi connectivity index (χ4v) is 4.69. The number of rotatable bonds is 9. The van der Waals surface area contributed by atoms with Crippen LogP contribution in [0.5, 0.6) is 5.75 Å². The van der Waals surface area contributed by atoms with Gasteiger partial charge in [0.1, 0.15) is 18.2 Å². The third-order valence-corrected chi connectivity index (χ3v) is 6.77. The zero-order valence-electron chi connectivity index (χ0n) is 21.4. The number of piperazine rings is 1. The molecule has 0 radical (unpaired) electrons. The molecule has 1 aromatic carbocycles. The first-order chi connectivity index (χ1) is 19.1. The fourth-order valence-electron chi connectivity index (χ4n) is 4.69. The number of halogens is 1. The minimum atomic E-state index is -0.274. The van der Waals surface area contributed by atoms with Crippen molar-refractivity contribution < 1.29 is 18.3 Å². The van der Waals surface area contributed by atoms with Crippen LogP contribution < -0.4 is 26.0 Å². The second-order valence-electron chi connectivity index (χ2n) is 9.44. The molecule has 4 N–H and O–H groups in total. The molecule has 2 saturated heterocycles. The van der Waals surface area contributed by atoms with Crippen molar-refractivity contribution in [2.45, 2.75) is 6.04 Å². The first-order valence-corrected chi connectivity index (χ1v) is 13.0. The molecule has 2 aliphatic rings. The Kier molecular flexibility index (Phi) is 7.38. The van der Waals surface area contributed by atoms with Crippen LogP contribution in [-0.2, 0) is 4.74 Å². The lowest BCUT2D eigenvalue weighted by Gasteiger charge is -2.36. The van der Waals surface area contributed by atoms with Crippen LogP contribution in [-0.4, -0.2) is 101 Å². The Labute approximate surface area is 224 Å². The zero-order valence-corrected chi connectivity index (χ0v) is 21.4. The highest BCUT2D eigenvalue weighted by Crippen LogP contribution is 2.25. The van der Waals surface area contributed by atoms with E-state index in [4.69, 9.17) is 19.6 Å². The Morgan fingerprint density at radius 1 is 1.15 bits per heavy atom. The SMILES string of the molecule is Nc1nc(NCCN2CCN(c3ccc(OCC4COCCN4)cc3F)CC2)nc2nc(-c3ccco3)nn12. The summed E-state index contributed by atoms with van der Waals surface area (Å²) < 4.78 is 32.8. The number of aromatic nitrogens is 5. The second-order valence-corrected chi connectivity index (χ2v) is 9.44. The van der Waals surface area contributed by atoms with Gasteiger partial charge in [-0.05, 0) is 24.3 Å². The number of ether oxygens (including phenoxy) is 2. The molecule has 206 valence electrons. The Balaban J connectivity index is 0.974. The lowest BCUT2D eigenvalue weighted by molar-refractivity contribution is 0.0592. The summed E-state index contributed by atoms with van der Waals surface area (Å²) in [5, 5.41) is 10.8. The molecular weight excluding hydrogens is 507 g/mol. The van der Waals surface area contributed by atoms with Gasteiger partial charge in [-0.1, -0.05) is 0 Å². The van der Waals surface area contributed by atoms with E-state index in [9.17, 15) is 4.39 Å². The van der Waals surface area contributed by atoms with Crippen LogP contribution in [0.3, 0.4) is 0 Å². The number of nitrogens with two attached hydrogens (primary N) is 1. The summed E-state index contributed by atoms with van der Waals surface area (Å²) in [5.41, 5.74) is 6.65. The maximum atomic E-state index is 14.9. The molecule has 0 saturated carbocycles. The first kappa shape index (κ1) is 25.3. The van der Waals surface area contributed by atoms with E-state index in [0.717, 1.165) is 39.3 Å². The van der Waals surface area contributed by atoms with Gasteiger partial charge < -0.3 is 35.2 Å². The highest BCUT2D eigenvalue weighted by molar-refractivity contribution is 5.53. The van der Waals surface area contributed by atoms with Gasteiger partial charge in [0.25, 0.3) is 5.78 Å². The third-order valence-electron chi connectivity index (χ3n) is 6.77. The van der Waals surface area contributed by atoms with Crippen molar-refractivity contribution in [3.8, 4) is 17.3 Å². The molecular formula is C25H31FN10O3. The quantitative estimate of drug-likeness (QED) is 0.281. The fraction of sp³-hybridized carbons (Fsp3) is 0.440. The number of anilines is 3. The third kappa shape index (κ3) is 5.87. The number of furan rings is 1. The van der Waals surface area contributed by atoms with Crippen LogP contribution in [0.15, 0.2) is 41.0 Å². The number of nitrogens with one attached hydrogen (secondary N) is 2. The van der Waals surface area contributed by atoms with Crippen molar-refractivity contribution in [1.29, 1.82) is 0 Å². The maximum Gasteiger partial charge on any atom is 0.259 e. The highest BCUT2D eigenvalue weighted by atomic mass is 19.1. The predicted molar refractivity (Wildman–Crippen MR) is 142 cm³/mol. The average molecular weight is 539 g/mol. The van der Waals surface area contributed by atoms with Gasteiger partial charge in [0.05, 0.1) is 31.2 Å². The van der Waals surface area contributed by atoms with Gasteiger partial charge in [0, 0.05) is 51.9 Å². The van der Waals surface area contributed by atoms with Gasteiger partial charge in [0.15, 0.2) is 5.76 Å². The number of hydrogen-bond acceptors (Lipinski definition) is 12. The summed E-state index contributed by atoms with van der Waals surface area (Å²) in [7, 11) is 0. The van der Waals surface area contributed by atoms with Crippen molar-refractivity contribution in [3.05, 3.63) is 42.4 Å². The van der Waals surface area contributed by atoms with Crippen molar-refractivity contribution in [2.75, 3.05) is 81.6 Å². The maximum absolute atomic E-state index is 14.9. The van der Waals surface area contributed by atoms with E-state index in [1.165, 1.54) is 10.6 Å². The van der Waals surface area contributed by atoms with E-state index >= 15 is 0 Å². The smallest absolute Gasteiger partial charge is 0.259 e. The molecule has 0 amide bonds. The Morgan fingerprint density at radius 2 is 2.05 bits per heavy atom. The Bertz CT molecular complexity index is 1380. The number of nitrogen functional groups attached to an aromatic ring is 1. The molecule has 0 bridgehead atoms. The molecule has 39 heavy (non-hydrogen) atoms. The van der Waals surface area contributed by atoms with Gasteiger partial charge in [0.2, 0.25) is 17.7 Å². The van der Waals surface area contributed by atoms with Crippen molar-refractivity contribution in [3.63, 3.8) is 0 Å². The standard InChI is InChI=1S/C25H31FN10O3/c26-19-14-18(39-16-17-15-37-13-6-28-17)3-4-20(19)35-10-8-34(9-11-35)7-5-29-24-31-23(27)36-25(32-24)30-22(33-36)21-2-1-12-38-21/h1-4,12,14,17,28H,5-11,13,15-16H2,(H3,27,29,30,31,32,33). The van der Waals surface area contributed by atoms with Gasteiger partial charge in [-0.15, -0.1) is 5.10 Å². The second kappa shape index (κ2) is 11.4. The number of benzene rings is 1. The summed E-state index contributed by atoms with van der Waals surface area (Å²) in [6.45, 7) is 7.04. The van der Waals surface area contributed by atoms with E-state index in [1.54, 1.807) is 24.5 Å². The largest absolute Gasteiger partial charge is 0.492 e. The predicted octanol–water partition coefficient (Wildman–Crippen LogP) is 1.10. The minimum Gasteiger partial charge on any atom is -0.492 e. The van der Waals surface area contributed by atoms with Crippen LogP contribution in [0.25, 0.3) is 17.4 Å². The normalized spacial score (nSPS) is 18.5. The molecule has 6 rings (SSSR count). The van der Waals surface area contributed by atoms with Crippen LogP contribution in [0, 0.1) is 5.82 Å². The molecule has 14 heteroatoms. The molecule has 1 atom stereocenters. The molecule has 0 aliphatic carbocycles. The van der Waals surface area contributed by atoms with Crippen LogP contribution in [0.1, 0.15) is 0 Å². The topological polar surface area (TPSA) is 144 Å². The highest BCUT2D eigenvalue weighted by Gasteiger charge is 2.21. The molecule has 13 nitrogen and oxygen atoms in total. The van der Waals surface area contributed by atoms with E-state index in [1.807, 2.05) is 6.07 Å². The molecule has 1 unspecified atom stereocenters. The van der Waals surface area contributed by atoms with Gasteiger partial charge in [-0.25, -0.2) is 4.39 Å². The van der Waals surface area contributed by atoms with Crippen LogP contribution in [0.4, 0.5) is 22.0 Å². The first-order valence-electron chi connectivity index (χ1n) is 13.0. The van der Waals surface area contributed by atoms with Crippen molar-refractivity contribution in [2.24, 2.45) is 0 Å². The van der Waals surface area contributed by atoms with Crippen molar-refractivity contribution in [1.82, 2.24) is 34.8 Å². The average Bonchev–Trinajstić information content (AvgIpc) is 3.64. The summed E-state index contributed by atoms with van der Waals surface area (Å²) in [4.78, 5) is 17.5. The summed E-state index contributed by atoms with van der Waals surface area (Å²) in [5.74, 6) is 2.07. The summed E-state index contributed by atoms with van der Waals surface area (Å²) in [6, 6.07) is 8.74. The Hall–Kier alpha value is -4.01. The van der Waals surface area contributed by atoms with Crippen LogP contribution >= 0.6 is 0 Å². The van der Waals surface area contributed by atoms with Gasteiger partial charge >= 0.3 is 0 Å². The van der Waals surface area contributed by atoms with E-state index in [2.05, 4.69) is 40.5 Å². The number of fused-ring (bicyclic) bond motifs is 1. The summed E-state index contributed by atoms with van der Waals surface area (Å²) in [6.07, 6.45) is 1.55. The lowest BCUT2D eigenvalue weighted by Crippen LogP contribution is -2.48. The lowest BCUT2D eigenvalue weighted by atomic mass is 10.2. The zero-order chi connectivity index (χ0) is 26.6. The van der Waals surface area contributed by atoms with Gasteiger partial charge in [-0.2, -0.15) is 19.5 Å². The molecule has 2 fully saturated rings. The Morgan fingerprint density at radius 3 is 2.82 bits per heavy atom. The van der Waals surface area contributed by atoms with E-state index < -0.39 is 0 Å². The minimum absolute atomic E-state index is 0.124. The van der Waals surface area contributed by atoms with E-state index in [-0.39, 0.29) is 17.8 Å². The molecule has 2 aliphatic heterocycles. The monoisotopic (exact) mass is 538 g/mol. The summed E-state index contributed by atoms with van der Waals surface area (Å²) >= 11 is 0. The van der Waals surface area contributed by atoms with E-state index in [0.29, 0.717) is 61.1 Å². The molecule has 3 aromatic heterocycles.